The number of hydrogen-bond donors (Lipinski definition) is 1. The molecule has 1 N–H and O–H groups in total. The Balaban J connectivity index is 2.35. The minimum Gasteiger partial charge on any atom is -0.360 e. The smallest absolute Gasteiger partial charge is 0.168 e. The summed E-state index contributed by atoms with van der Waals surface area (Å²) in [5.41, 5.74) is 1.67. The van der Waals surface area contributed by atoms with Gasteiger partial charge in [-0.05, 0) is 25.0 Å². The number of H-pyrrole nitrogens is 1. The molecule has 2 rings (SSSR count). The molecule has 1 unspecified atom stereocenters. The monoisotopic (exact) mass is 277 g/mol. The second-order valence-electron chi connectivity index (χ2n) is 4.98. The topological polar surface area (TPSA) is 32.9 Å². The molecule has 1 heterocycles. The van der Waals surface area contributed by atoms with E-state index < -0.39 is 0 Å². The molecule has 1 aromatic heterocycles. The Hall–Kier alpha value is -1.28. The Kier molecular flexibility index (Phi) is 4.65. The highest BCUT2D eigenvalue weighted by atomic mass is 35.5. The van der Waals surface area contributed by atoms with Crippen molar-refractivity contribution in [1.29, 1.82) is 0 Å². The standard InChI is InChI=1S/C16H20ClNO/c1-3-5-7-11(4-2)16(19)12-10-18-14-9-6-8-13(17)15(12)14/h6,8-11,18H,3-5,7H2,1-2H3. The molecule has 0 saturated carbocycles. The SMILES string of the molecule is CCCCC(CC)C(=O)c1c[nH]c2cccc(Cl)c12. The normalized spacial score (nSPS) is 12.8. The molecule has 19 heavy (non-hydrogen) atoms. The maximum absolute atomic E-state index is 12.6. The number of aromatic amines is 1. The molecule has 0 fully saturated rings. The van der Waals surface area contributed by atoms with Gasteiger partial charge in [0.1, 0.15) is 0 Å². The molecule has 2 aromatic rings. The van der Waals surface area contributed by atoms with E-state index >= 15 is 0 Å². The number of ketones is 1. The lowest BCUT2D eigenvalue weighted by Gasteiger charge is -2.12. The number of unbranched alkanes of at least 4 members (excludes halogenated alkanes) is 1. The summed E-state index contributed by atoms with van der Waals surface area (Å²) in [6.45, 7) is 4.23. The second-order valence-corrected chi connectivity index (χ2v) is 5.38. The van der Waals surface area contributed by atoms with Crippen LogP contribution in [0.15, 0.2) is 24.4 Å². The van der Waals surface area contributed by atoms with Gasteiger partial charge >= 0.3 is 0 Å². The van der Waals surface area contributed by atoms with Gasteiger partial charge in [-0.1, -0.05) is 44.4 Å². The van der Waals surface area contributed by atoms with Crippen LogP contribution in [0, 0.1) is 5.92 Å². The van der Waals surface area contributed by atoms with Gasteiger partial charge in [0.05, 0.1) is 5.02 Å². The first-order valence-corrected chi connectivity index (χ1v) is 7.36. The molecule has 0 aliphatic carbocycles. The van der Waals surface area contributed by atoms with Crippen molar-refractivity contribution in [2.45, 2.75) is 39.5 Å². The Labute approximate surface area is 119 Å². The van der Waals surface area contributed by atoms with E-state index in [1.54, 1.807) is 6.20 Å². The molecule has 0 spiro atoms. The first kappa shape index (κ1) is 14.1. The number of carbonyl (C=O) groups is 1. The van der Waals surface area contributed by atoms with Crippen LogP contribution in [0.2, 0.25) is 5.02 Å². The Morgan fingerprint density at radius 3 is 2.84 bits per heavy atom. The summed E-state index contributed by atoms with van der Waals surface area (Å²) in [6.07, 6.45) is 5.87. The second kappa shape index (κ2) is 6.25. The fraction of sp³-hybridized carbons (Fsp3) is 0.438. The van der Waals surface area contributed by atoms with Crippen LogP contribution in [0.1, 0.15) is 49.9 Å². The zero-order valence-corrected chi connectivity index (χ0v) is 12.3. The predicted molar refractivity (Wildman–Crippen MR) is 80.9 cm³/mol. The van der Waals surface area contributed by atoms with Crippen LogP contribution in [0.3, 0.4) is 0 Å². The highest BCUT2D eigenvalue weighted by Gasteiger charge is 2.21. The van der Waals surface area contributed by atoms with E-state index in [0.717, 1.165) is 42.1 Å². The van der Waals surface area contributed by atoms with Crippen LogP contribution < -0.4 is 0 Å². The molecule has 0 saturated heterocycles. The van der Waals surface area contributed by atoms with Crippen molar-refractivity contribution in [3.05, 3.63) is 35.0 Å². The molecule has 1 atom stereocenters. The van der Waals surface area contributed by atoms with Crippen molar-refractivity contribution in [3.8, 4) is 0 Å². The Bertz CT molecular complexity index is 573. The van der Waals surface area contributed by atoms with E-state index in [1.807, 2.05) is 18.2 Å². The Morgan fingerprint density at radius 2 is 2.16 bits per heavy atom. The highest BCUT2D eigenvalue weighted by molar-refractivity contribution is 6.36. The number of carbonyl (C=O) groups excluding carboxylic acids is 1. The van der Waals surface area contributed by atoms with Crippen LogP contribution in [-0.2, 0) is 0 Å². The van der Waals surface area contributed by atoms with Crippen molar-refractivity contribution in [2.75, 3.05) is 0 Å². The van der Waals surface area contributed by atoms with Crippen molar-refractivity contribution >= 4 is 28.3 Å². The van der Waals surface area contributed by atoms with Crippen molar-refractivity contribution in [2.24, 2.45) is 5.92 Å². The lowest BCUT2D eigenvalue weighted by atomic mass is 9.90. The molecule has 102 valence electrons. The Morgan fingerprint density at radius 1 is 1.37 bits per heavy atom. The van der Waals surface area contributed by atoms with E-state index in [1.165, 1.54) is 0 Å². The number of benzene rings is 1. The molecule has 2 nitrogen and oxygen atoms in total. The first-order chi connectivity index (χ1) is 9.19. The van der Waals surface area contributed by atoms with E-state index in [4.69, 9.17) is 11.6 Å². The number of fused-ring (bicyclic) bond motifs is 1. The van der Waals surface area contributed by atoms with Crippen LogP contribution in [-0.4, -0.2) is 10.8 Å². The minimum absolute atomic E-state index is 0.107. The largest absolute Gasteiger partial charge is 0.360 e. The average Bonchev–Trinajstić information content (AvgIpc) is 2.84. The van der Waals surface area contributed by atoms with Gasteiger partial charge in [-0.3, -0.25) is 4.79 Å². The van der Waals surface area contributed by atoms with Gasteiger partial charge in [-0.25, -0.2) is 0 Å². The quantitative estimate of drug-likeness (QED) is 0.721. The summed E-state index contributed by atoms with van der Waals surface area (Å²) in [7, 11) is 0. The average molecular weight is 278 g/mol. The molecular weight excluding hydrogens is 258 g/mol. The first-order valence-electron chi connectivity index (χ1n) is 6.98. The fourth-order valence-corrected chi connectivity index (χ4v) is 2.80. The summed E-state index contributed by atoms with van der Waals surface area (Å²) >= 11 is 6.23. The molecule has 0 radical (unpaired) electrons. The van der Waals surface area contributed by atoms with Gasteiger partial charge in [0.25, 0.3) is 0 Å². The summed E-state index contributed by atoms with van der Waals surface area (Å²) < 4.78 is 0. The van der Waals surface area contributed by atoms with Crippen LogP contribution in [0.5, 0.6) is 0 Å². The van der Waals surface area contributed by atoms with Gasteiger partial charge in [0, 0.05) is 28.6 Å². The zero-order chi connectivity index (χ0) is 13.8. The highest BCUT2D eigenvalue weighted by Crippen LogP contribution is 2.29. The van der Waals surface area contributed by atoms with Gasteiger partial charge in [0.2, 0.25) is 0 Å². The third-order valence-corrected chi connectivity index (χ3v) is 4.01. The third kappa shape index (κ3) is 2.84. The number of halogens is 1. The number of aromatic nitrogens is 1. The zero-order valence-electron chi connectivity index (χ0n) is 11.5. The lowest BCUT2D eigenvalue weighted by Crippen LogP contribution is -2.13. The van der Waals surface area contributed by atoms with Crippen LogP contribution >= 0.6 is 11.6 Å². The summed E-state index contributed by atoms with van der Waals surface area (Å²) in [4.78, 5) is 15.8. The summed E-state index contributed by atoms with van der Waals surface area (Å²) in [6, 6.07) is 5.68. The maximum Gasteiger partial charge on any atom is 0.168 e. The fourth-order valence-electron chi connectivity index (χ4n) is 2.53. The number of Topliss-reactive ketones (excluding diaryl/α,β-unsaturated/α-hetero) is 1. The van der Waals surface area contributed by atoms with Crippen molar-refractivity contribution < 1.29 is 4.79 Å². The maximum atomic E-state index is 12.6. The predicted octanol–water partition coefficient (Wildman–Crippen LogP) is 5.22. The van der Waals surface area contributed by atoms with Gasteiger partial charge in [-0.15, -0.1) is 0 Å². The van der Waals surface area contributed by atoms with E-state index in [9.17, 15) is 4.79 Å². The molecule has 1 aromatic carbocycles. The van der Waals surface area contributed by atoms with E-state index in [2.05, 4.69) is 18.8 Å². The number of rotatable bonds is 6. The van der Waals surface area contributed by atoms with Crippen LogP contribution in [0.25, 0.3) is 10.9 Å². The minimum atomic E-state index is 0.107. The van der Waals surface area contributed by atoms with Gasteiger partial charge in [0.15, 0.2) is 5.78 Å². The molecule has 0 aliphatic heterocycles. The number of hydrogen-bond acceptors (Lipinski definition) is 1. The molecule has 0 aliphatic rings. The molecule has 0 amide bonds. The van der Waals surface area contributed by atoms with Crippen molar-refractivity contribution in [1.82, 2.24) is 4.98 Å². The van der Waals surface area contributed by atoms with Crippen molar-refractivity contribution in [3.63, 3.8) is 0 Å². The molecule has 0 bridgehead atoms. The number of nitrogens with one attached hydrogen (secondary N) is 1. The van der Waals surface area contributed by atoms with E-state index in [0.29, 0.717) is 5.02 Å². The lowest BCUT2D eigenvalue weighted by molar-refractivity contribution is 0.0910. The summed E-state index contributed by atoms with van der Waals surface area (Å²) in [5.74, 6) is 0.325. The molecular formula is C16H20ClNO. The summed E-state index contributed by atoms with van der Waals surface area (Å²) in [5, 5.41) is 1.51. The van der Waals surface area contributed by atoms with Gasteiger partial charge in [-0.2, -0.15) is 0 Å². The van der Waals surface area contributed by atoms with Gasteiger partial charge < -0.3 is 4.98 Å². The van der Waals surface area contributed by atoms with E-state index in [-0.39, 0.29) is 11.7 Å². The molecule has 3 heteroatoms. The third-order valence-electron chi connectivity index (χ3n) is 3.69. The van der Waals surface area contributed by atoms with Crippen LogP contribution in [0.4, 0.5) is 0 Å².